The Morgan fingerprint density at radius 2 is 1.88 bits per heavy atom. The van der Waals surface area contributed by atoms with Crippen LogP contribution in [0.5, 0.6) is 0 Å². The van der Waals surface area contributed by atoms with Crippen LogP contribution in [0.3, 0.4) is 0 Å². The highest BCUT2D eigenvalue weighted by atomic mass is 16.5. The van der Waals surface area contributed by atoms with Gasteiger partial charge in [-0.15, -0.1) is 0 Å². The maximum absolute atomic E-state index is 10.1. The van der Waals surface area contributed by atoms with Gasteiger partial charge in [-0.25, -0.2) is 0 Å². The SMILES string of the molecule is CCC(C)N(CCOC)CC(O)C(C)(C)C. The van der Waals surface area contributed by atoms with Crippen molar-refractivity contribution in [1.29, 1.82) is 0 Å². The third-order valence-corrected chi connectivity index (χ3v) is 3.20. The lowest BCUT2D eigenvalue weighted by Gasteiger charge is -2.35. The van der Waals surface area contributed by atoms with Crippen LogP contribution in [0.25, 0.3) is 0 Å². The summed E-state index contributed by atoms with van der Waals surface area (Å²) in [6.45, 7) is 12.9. The molecule has 0 saturated heterocycles. The van der Waals surface area contributed by atoms with E-state index in [9.17, 15) is 5.11 Å². The summed E-state index contributed by atoms with van der Waals surface area (Å²) >= 11 is 0. The van der Waals surface area contributed by atoms with Crippen molar-refractivity contribution >= 4 is 0 Å². The van der Waals surface area contributed by atoms with Gasteiger partial charge in [0.05, 0.1) is 12.7 Å². The summed E-state index contributed by atoms with van der Waals surface area (Å²) in [5, 5.41) is 10.1. The third-order valence-electron chi connectivity index (χ3n) is 3.20. The zero-order valence-corrected chi connectivity index (χ0v) is 11.8. The number of rotatable bonds is 7. The van der Waals surface area contributed by atoms with Gasteiger partial charge in [0.25, 0.3) is 0 Å². The minimum absolute atomic E-state index is 0.0568. The number of ether oxygens (including phenoxy) is 1. The van der Waals surface area contributed by atoms with Gasteiger partial charge in [0.2, 0.25) is 0 Å². The predicted octanol–water partition coefficient (Wildman–Crippen LogP) is 2.14. The summed E-state index contributed by atoms with van der Waals surface area (Å²) in [6, 6.07) is 0.493. The second kappa shape index (κ2) is 7.25. The molecular formula is C13H29NO2. The van der Waals surface area contributed by atoms with Gasteiger partial charge in [0.1, 0.15) is 0 Å². The molecule has 16 heavy (non-hydrogen) atoms. The Balaban J connectivity index is 4.30. The lowest BCUT2D eigenvalue weighted by molar-refractivity contribution is 0.00944. The van der Waals surface area contributed by atoms with Crippen LogP contribution in [-0.4, -0.2) is 49.0 Å². The van der Waals surface area contributed by atoms with Crippen molar-refractivity contribution in [2.24, 2.45) is 5.41 Å². The van der Waals surface area contributed by atoms with Gasteiger partial charge in [0.15, 0.2) is 0 Å². The highest BCUT2D eigenvalue weighted by Gasteiger charge is 2.25. The number of nitrogens with zero attached hydrogens (tertiary/aromatic N) is 1. The Labute approximate surface area is 101 Å². The van der Waals surface area contributed by atoms with Crippen molar-refractivity contribution in [3.8, 4) is 0 Å². The molecule has 0 aliphatic rings. The molecule has 0 rings (SSSR count). The topological polar surface area (TPSA) is 32.7 Å². The van der Waals surface area contributed by atoms with Crippen molar-refractivity contribution in [1.82, 2.24) is 4.90 Å². The van der Waals surface area contributed by atoms with E-state index in [1.165, 1.54) is 0 Å². The van der Waals surface area contributed by atoms with Gasteiger partial charge in [0, 0.05) is 26.2 Å². The van der Waals surface area contributed by atoms with Crippen LogP contribution in [0.4, 0.5) is 0 Å². The second-order valence-corrected chi connectivity index (χ2v) is 5.63. The molecule has 3 heteroatoms. The van der Waals surface area contributed by atoms with Crippen LogP contribution in [0.1, 0.15) is 41.0 Å². The third kappa shape index (κ3) is 5.83. The van der Waals surface area contributed by atoms with E-state index in [0.29, 0.717) is 6.04 Å². The second-order valence-electron chi connectivity index (χ2n) is 5.63. The first-order valence-corrected chi connectivity index (χ1v) is 6.24. The minimum atomic E-state index is -0.293. The first-order valence-electron chi connectivity index (χ1n) is 6.24. The van der Waals surface area contributed by atoms with Crippen molar-refractivity contribution in [3.63, 3.8) is 0 Å². The number of hydrogen-bond acceptors (Lipinski definition) is 3. The van der Waals surface area contributed by atoms with E-state index in [-0.39, 0.29) is 11.5 Å². The van der Waals surface area contributed by atoms with Crippen molar-refractivity contribution in [2.75, 3.05) is 26.8 Å². The fraction of sp³-hybridized carbons (Fsp3) is 1.00. The summed E-state index contributed by atoms with van der Waals surface area (Å²) < 4.78 is 5.11. The fourth-order valence-electron chi connectivity index (χ4n) is 1.45. The lowest BCUT2D eigenvalue weighted by Crippen LogP contribution is -2.44. The highest BCUT2D eigenvalue weighted by molar-refractivity contribution is 4.78. The average Bonchev–Trinajstić information content (AvgIpc) is 2.21. The summed E-state index contributed by atoms with van der Waals surface area (Å²) in [5.41, 5.74) is -0.0568. The van der Waals surface area contributed by atoms with Crippen LogP contribution < -0.4 is 0 Å². The molecule has 0 fully saturated rings. The van der Waals surface area contributed by atoms with Crippen molar-refractivity contribution in [2.45, 2.75) is 53.2 Å². The maximum atomic E-state index is 10.1. The summed E-state index contributed by atoms with van der Waals surface area (Å²) in [5.74, 6) is 0. The van der Waals surface area contributed by atoms with Crippen LogP contribution >= 0.6 is 0 Å². The molecule has 0 bridgehead atoms. The van der Waals surface area contributed by atoms with Crippen LogP contribution in [0, 0.1) is 5.41 Å². The Morgan fingerprint density at radius 1 is 1.31 bits per heavy atom. The first-order chi connectivity index (χ1) is 7.32. The molecule has 0 aromatic heterocycles. The number of aliphatic hydroxyl groups excluding tert-OH is 1. The van der Waals surface area contributed by atoms with Crippen LogP contribution in [0.2, 0.25) is 0 Å². The Hall–Kier alpha value is -0.120. The Bertz CT molecular complexity index is 177. The average molecular weight is 231 g/mol. The van der Waals surface area contributed by atoms with Gasteiger partial charge in [-0.05, 0) is 18.8 Å². The minimum Gasteiger partial charge on any atom is -0.391 e. The molecule has 3 nitrogen and oxygen atoms in total. The van der Waals surface area contributed by atoms with Gasteiger partial charge < -0.3 is 9.84 Å². The van der Waals surface area contributed by atoms with E-state index in [2.05, 4.69) is 39.5 Å². The molecule has 0 aliphatic heterocycles. The van der Waals surface area contributed by atoms with E-state index < -0.39 is 0 Å². The zero-order chi connectivity index (χ0) is 12.8. The van der Waals surface area contributed by atoms with Crippen LogP contribution in [-0.2, 0) is 4.74 Å². The van der Waals surface area contributed by atoms with Gasteiger partial charge in [-0.3, -0.25) is 4.90 Å². The number of hydrogen-bond donors (Lipinski definition) is 1. The molecule has 2 atom stereocenters. The van der Waals surface area contributed by atoms with Gasteiger partial charge in [-0.2, -0.15) is 0 Å². The van der Waals surface area contributed by atoms with Crippen molar-refractivity contribution < 1.29 is 9.84 Å². The van der Waals surface area contributed by atoms with Crippen molar-refractivity contribution in [3.05, 3.63) is 0 Å². The molecule has 0 amide bonds. The smallest absolute Gasteiger partial charge is 0.0715 e. The molecule has 0 aromatic rings. The molecule has 0 aliphatic carbocycles. The van der Waals surface area contributed by atoms with Gasteiger partial charge >= 0.3 is 0 Å². The molecule has 0 heterocycles. The normalized spacial score (nSPS) is 16.5. The fourth-order valence-corrected chi connectivity index (χ4v) is 1.45. The number of methoxy groups -OCH3 is 1. The first kappa shape index (κ1) is 15.9. The molecule has 98 valence electrons. The quantitative estimate of drug-likeness (QED) is 0.728. The standard InChI is InChI=1S/C13H29NO2/c1-7-11(2)14(8-9-16-6)10-12(15)13(3,4)5/h11-12,15H,7-10H2,1-6H3. The predicted molar refractivity (Wildman–Crippen MR) is 68.7 cm³/mol. The molecule has 2 unspecified atom stereocenters. The summed E-state index contributed by atoms with van der Waals surface area (Å²) in [4.78, 5) is 2.30. The molecule has 1 N–H and O–H groups in total. The number of aliphatic hydroxyl groups is 1. The summed E-state index contributed by atoms with van der Waals surface area (Å²) in [6.07, 6.45) is 0.805. The van der Waals surface area contributed by atoms with Crippen LogP contribution in [0.15, 0.2) is 0 Å². The maximum Gasteiger partial charge on any atom is 0.0715 e. The summed E-state index contributed by atoms with van der Waals surface area (Å²) in [7, 11) is 1.72. The monoisotopic (exact) mass is 231 g/mol. The Kier molecular flexibility index (Phi) is 7.20. The zero-order valence-electron chi connectivity index (χ0n) is 11.8. The lowest BCUT2D eigenvalue weighted by atomic mass is 9.88. The van der Waals surface area contributed by atoms with E-state index >= 15 is 0 Å². The molecule has 0 radical (unpaired) electrons. The largest absolute Gasteiger partial charge is 0.391 e. The van der Waals surface area contributed by atoms with E-state index in [1.54, 1.807) is 7.11 Å². The molecule has 0 spiro atoms. The molecule has 0 aromatic carbocycles. The van der Waals surface area contributed by atoms with Gasteiger partial charge in [-0.1, -0.05) is 27.7 Å². The van der Waals surface area contributed by atoms with E-state index in [1.807, 2.05) is 0 Å². The van der Waals surface area contributed by atoms with E-state index in [0.717, 1.165) is 26.1 Å². The molecule has 0 saturated carbocycles. The van der Waals surface area contributed by atoms with E-state index in [4.69, 9.17) is 4.74 Å². The highest BCUT2D eigenvalue weighted by Crippen LogP contribution is 2.20. The molecular weight excluding hydrogens is 202 g/mol. The Morgan fingerprint density at radius 3 is 2.25 bits per heavy atom.